The lowest BCUT2D eigenvalue weighted by Gasteiger charge is -2.20. The summed E-state index contributed by atoms with van der Waals surface area (Å²) in [7, 11) is 1.74. The van der Waals surface area contributed by atoms with Crippen LogP contribution in [-0.4, -0.2) is 53.4 Å². The van der Waals surface area contributed by atoms with Crippen LogP contribution in [-0.2, 0) is 0 Å². The van der Waals surface area contributed by atoms with E-state index in [9.17, 15) is 0 Å². The molecule has 0 aliphatic rings. The standard InChI is InChI=1S/C11H21N5O2/c1-4-8-18-11-14-9(12-3)13-10(15-11)16(5-2)6-7-17/h17H,4-8H2,1-3H3,(H,12,13,14,15). The number of aliphatic hydroxyl groups excluding tert-OH is 1. The predicted molar refractivity (Wildman–Crippen MR) is 70.1 cm³/mol. The third kappa shape index (κ3) is 3.99. The molecule has 1 rings (SSSR count). The minimum atomic E-state index is 0.0551. The molecule has 0 bridgehead atoms. The van der Waals surface area contributed by atoms with E-state index in [2.05, 4.69) is 20.3 Å². The summed E-state index contributed by atoms with van der Waals surface area (Å²) in [6.45, 7) is 5.81. The number of nitrogens with zero attached hydrogens (tertiary/aromatic N) is 4. The summed E-state index contributed by atoms with van der Waals surface area (Å²) < 4.78 is 5.42. The van der Waals surface area contributed by atoms with E-state index >= 15 is 0 Å². The number of hydrogen-bond acceptors (Lipinski definition) is 7. The molecule has 0 amide bonds. The zero-order valence-corrected chi connectivity index (χ0v) is 11.2. The average molecular weight is 255 g/mol. The number of rotatable bonds is 8. The molecule has 102 valence electrons. The van der Waals surface area contributed by atoms with Crippen molar-refractivity contribution in [2.75, 3.05) is 43.6 Å². The van der Waals surface area contributed by atoms with E-state index < -0.39 is 0 Å². The van der Waals surface area contributed by atoms with Crippen LogP contribution >= 0.6 is 0 Å². The quantitative estimate of drug-likeness (QED) is 0.700. The molecule has 0 aliphatic heterocycles. The highest BCUT2D eigenvalue weighted by Crippen LogP contribution is 2.14. The van der Waals surface area contributed by atoms with Gasteiger partial charge in [-0.25, -0.2) is 0 Å². The van der Waals surface area contributed by atoms with Gasteiger partial charge in [-0.05, 0) is 13.3 Å². The highest BCUT2D eigenvalue weighted by Gasteiger charge is 2.12. The van der Waals surface area contributed by atoms with Crippen molar-refractivity contribution in [2.45, 2.75) is 20.3 Å². The predicted octanol–water partition coefficient (Wildman–Crippen LogP) is 0.521. The van der Waals surface area contributed by atoms with Crippen molar-refractivity contribution in [3.63, 3.8) is 0 Å². The first-order chi connectivity index (χ1) is 8.74. The molecule has 0 unspecified atom stereocenters. The van der Waals surface area contributed by atoms with E-state index in [0.29, 0.717) is 37.6 Å². The van der Waals surface area contributed by atoms with Gasteiger partial charge < -0.3 is 20.1 Å². The summed E-state index contributed by atoms with van der Waals surface area (Å²) in [5.74, 6) is 0.972. The van der Waals surface area contributed by atoms with Gasteiger partial charge in [-0.15, -0.1) is 0 Å². The highest BCUT2D eigenvalue weighted by atomic mass is 16.5. The lowest BCUT2D eigenvalue weighted by Crippen LogP contribution is -2.28. The smallest absolute Gasteiger partial charge is 0.323 e. The van der Waals surface area contributed by atoms with Crippen molar-refractivity contribution in [3.8, 4) is 6.01 Å². The average Bonchev–Trinajstić information content (AvgIpc) is 2.42. The van der Waals surface area contributed by atoms with Crippen molar-refractivity contribution < 1.29 is 9.84 Å². The summed E-state index contributed by atoms with van der Waals surface area (Å²) in [5.41, 5.74) is 0. The molecule has 2 N–H and O–H groups in total. The van der Waals surface area contributed by atoms with Gasteiger partial charge in [-0.1, -0.05) is 6.92 Å². The zero-order valence-electron chi connectivity index (χ0n) is 11.2. The second kappa shape index (κ2) is 7.65. The second-order valence-electron chi connectivity index (χ2n) is 3.64. The number of aromatic nitrogens is 3. The normalized spacial score (nSPS) is 10.2. The fraction of sp³-hybridized carbons (Fsp3) is 0.727. The van der Waals surface area contributed by atoms with Crippen LogP contribution < -0.4 is 15.0 Å². The zero-order chi connectivity index (χ0) is 13.4. The van der Waals surface area contributed by atoms with Gasteiger partial charge in [0.05, 0.1) is 13.2 Å². The summed E-state index contributed by atoms with van der Waals surface area (Å²) in [6, 6.07) is 0.308. The van der Waals surface area contributed by atoms with Gasteiger partial charge in [0.2, 0.25) is 11.9 Å². The summed E-state index contributed by atoms with van der Waals surface area (Å²) in [4.78, 5) is 14.5. The number of anilines is 2. The van der Waals surface area contributed by atoms with Crippen molar-refractivity contribution >= 4 is 11.9 Å². The van der Waals surface area contributed by atoms with Gasteiger partial charge in [0.1, 0.15) is 0 Å². The van der Waals surface area contributed by atoms with E-state index in [-0.39, 0.29) is 6.61 Å². The molecule has 0 aromatic carbocycles. The monoisotopic (exact) mass is 255 g/mol. The van der Waals surface area contributed by atoms with Crippen LogP contribution in [0.15, 0.2) is 0 Å². The third-order valence-corrected chi connectivity index (χ3v) is 2.30. The Hall–Kier alpha value is -1.63. The van der Waals surface area contributed by atoms with Crippen molar-refractivity contribution in [3.05, 3.63) is 0 Å². The van der Waals surface area contributed by atoms with Crippen LogP contribution in [0.5, 0.6) is 6.01 Å². The molecule has 1 aromatic heterocycles. The van der Waals surface area contributed by atoms with Gasteiger partial charge in [0.15, 0.2) is 0 Å². The molecular formula is C11H21N5O2. The topological polar surface area (TPSA) is 83.4 Å². The van der Waals surface area contributed by atoms with E-state index in [0.717, 1.165) is 6.42 Å². The van der Waals surface area contributed by atoms with Gasteiger partial charge >= 0.3 is 6.01 Å². The first kappa shape index (κ1) is 14.4. The maximum atomic E-state index is 9.01. The van der Waals surface area contributed by atoms with E-state index in [1.54, 1.807) is 7.05 Å². The minimum absolute atomic E-state index is 0.0551. The number of ether oxygens (including phenoxy) is 1. The van der Waals surface area contributed by atoms with Crippen LogP contribution in [0, 0.1) is 0 Å². The van der Waals surface area contributed by atoms with E-state index in [1.807, 2.05) is 18.7 Å². The molecule has 0 saturated heterocycles. The van der Waals surface area contributed by atoms with Crippen molar-refractivity contribution in [1.82, 2.24) is 15.0 Å². The van der Waals surface area contributed by atoms with Gasteiger partial charge in [-0.3, -0.25) is 0 Å². The number of nitrogens with one attached hydrogen (secondary N) is 1. The molecule has 0 fully saturated rings. The highest BCUT2D eigenvalue weighted by molar-refractivity contribution is 5.37. The lowest BCUT2D eigenvalue weighted by molar-refractivity contribution is 0.289. The number of likely N-dealkylation sites (N-methyl/N-ethyl adjacent to an activating group) is 1. The number of aliphatic hydroxyl groups is 1. The van der Waals surface area contributed by atoms with Crippen LogP contribution in [0.3, 0.4) is 0 Å². The first-order valence-corrected chi connectivity index (χ1v) is 6.17. The SMILES string of the molecule is CCCOc1nc(NC)nc(N(CC)CCO)n1. The Labute approximate surface area is 107 Å². The molecular weight excluding hydrogens is 234 g/mol. The lowest BCUT2D eigenvalue weighted by atomic mass is 10.5. The fourth-order valence-corrected chi connectivity index (χ4v) is 1.38. The van der Waals surface area contributed by atoms with Crippen molar-refractivity contribution in [1.29, 1.82) is 0 Å². The molecule has 0 radical (unpaired) electrons. The molecule has 7 heteroatoms. The molecule has 1 aromatic rings. The molecule has 0 saturated carbocycles. The molecule has 0 atom stereocenters. The Kier molecular flexibility index (Phi) is 6.13. The minimum Gasteiger partial charge on any atom is -0.463 e. The van der Waals surface area contributed by atoms with Gasteiger partial charge in [0, 0.05) is 20.1 Å². The van der Waals surface area contributed by atoms with Gasteiger partial charge in [0.25, 0.3) is 0 Å². The maximum absolute atomic E-state index is 9.01. The van der Waals surface area contributed by atoms with Gasteiger partial charge in [-0.2, -0.15) is 15.0 Å². The maximum Gasteiger partial charge on any atom is 0.323 e. The Morgan fingerprint density at radius 3 is 2.61 bits per heavy atom. The van der Waals surface area contributed by atoms with Crippen LogP contribution in [0.25, 0.3) is 0 Å². The molecule has 18 heavy (non-hydrogen) atoms. The van der Waals surface area contributed by atoms with E-state index in [1.165, 1.54) is 0 Å². The Morgan fingerprint density at radius 1 is 1.28 bits per heavy atom. The summed E-state index contributed by atoms with van der Waals surface area (Å²) in [6.07, 6.45) is 0.893. The Balaban J connectivity index is 2.94. The number of hydrogen-bond donors (Lipinski definition) is 2. The third-order valence-electron chi connectivity index (χ3n) is 2.30. The summed E-state index contributed by atoms with van der Waals surface area (Å²) >= 11 is 0. The molecule has 0 aliphatic carbocycles. The molecule has 7 nitrogen and oxygen atoms in total. The van der Waals surface area contributed by atoms with Crippen LogP contribution in [0.1, 0.15) is 20.3 Å². The van der Waals surface area contributed by atoms with Crippen LogP contribution in [0.4, 0.5) is 11.9 Å². The van der Waals surface area contributed by atoms with Crippen LogP contribution in [0.2, 0.25) is 0 Å². The Bertz CT molecular complexity index is 361. The largest absolute Gasteiger partial charge is 0.463 e. The summed E-state index contributed by atoms with van der Waals surface area (Å²) in [5, 5.41) is 11.9. The molecule has 1 heterocycles. The first-order valence-electron chi connectivity index (χ1n) is 6.17. The molecule has 0 spiro atoms. The Morgan fingerprint density at radius 2 is 2.06 bits per heavy atom. The van der Waals surface area contributed by atoms with Crippen molar-refractivity contribution in [2.24, 2.45) is 0 Å². The van der Waals surface area contributed by atoms with E-state index in [4.69, 9.17) is 9.84 Å². The second-order valence-corrected chi connectivity index (χ2v) is 3.64. The fourth-order valence-electron chi connectivity index (χ4n) is 1.38.